The van der Waals surface area contributed by atoms with Crippen LogP contribution in [0, 0.1) is 19.8 Å². The van der Waals surface area contributed by atoms with Gasteiger partial charge in [-0.25, -0.2) is 8.42 Å². The highest BCUT2D eigenvalue weighted by Gasteiger charge is 2.32. The zero-order valence-corrected chi connectivity index (χ0v) is 13.2. The first-order chi connectivity index (χ1) is 9.37. The van der Waals surface area contributed by atoms with Crippen molar-refractivity contribution in [3.05, 3.63) is 11.4 Å². The molecule has 6 nitrogen and oxygen atoms in total. The molecule has 0 saturated carbocycles. The summed E-state index contributed by atoms with van der Waals surface area (Å²) < 4.78 is 28.7. The molecule has 0 amide bonds. The van der Waals surface area contributed by atoms with E-state index in [1.807, 2.05) is 0 Å². The quantitative estimate of drug-likeness (QED) is 0.897. The number of nitrogens with zero attached hydrogens (tertiary/aromatic N) is 3. The zero-order chi connectivity index (χ0) is 14.9. The topological polar surface area (TPSA) is 75.4 Å². The number of piperidine rings is 1. The van der Waals surface area contributed by atoms with Crippen LogP contribution in [0.1, 0.15) is 31.2 Å². The number of aromatic nitrogens is 2. The van der Waals surface area contributed by atoms with Gasteiger partial charge in [-0.15, -0.1) is 0 Å². The van der Waals surface area contributed by atoms with Crippen LogP contribution in [0.25, 0.3) is 0 Å². The van der Waals surface area contributed by atoms with Crippen LogP contribution in [0.3, 0.4) is 0 Å². The average molecular weight is 301 g/mol. The molecule has 0 atom stereocenters. The number of hydrogen-bond acceptors (Lipinski definition) is 4. The molecule has 1 aromatic rings. The first-order valence-corrected chi connectivity index (χ1v) is 8.47. The van der Waals surface area contributed by atoms with Crippen molar-refractivity contribution >= 4 is 10.0 Å². The van der Waals surface area contributed by atoms with Gasteiger partial charge in [0.1, 0.15) is 4.90 Å². The molecule has 0 aromatic carbocycles. The molecule has 2 heterocycles. The molecule has 1 aliphatic rings. The maximum Gasteiger partial charge on any atom is 0.246 e. The minimum atomic E-state index is -3.48. The van der Waals surface area contributed by atoms with Gasteiger partial charge >= 0.3 is 0 Å². The van der Waals surface area contributed by atoms with Gasteiger partial charge in [0.25, 0.3) is 0 Å². The Bertz CT molecular complexity index is 572. The highest BCUT2D eigenvalue weighted by Crippen LogP contribution is 2.27. The monoisotopic (exact) mass is 301 g/mol. The molecule has 1 aliphatic heterocycles. The maximum absolute atomic E-state index is 12.8. The lowest BCUT2D eigenvalue weighted by atomic mass is 10.0. The van der Waals surface area contributed by atoms with Crippen LogP contribution >= 0.6 is 0 Å². The summed E-state index contributed by atoms with van der Waals surface area (Å²) in [7, 11) is -3.48. The first kappa shape index (κ1) is 15.5. The van der Waals surface area contributed by atoms with Crippen LogP contribution in [0.15, 0.2) is 4.90 Å². The van der Waals surface area contributed by atoms with E-state index in [0.29, 0.717) is 41.8 Å². The summed E-state index contributed by atoms with van der Waals surface area (Å²) in [5.74, 6) is 0.584. The molecule has 7 heteroatoms. The normalized spacial score (nSPS) is 18.6. The second kappa shape index (κ2) is 5.83. The van der Waals surface area contributed by atoms with Crippen LogP contribution in [0.4, 0.5) is 0 Å². The van der Waals surface area contributed by atoms with E-state index in [0.717, 1.165) is 12.8 Å². The van der Waals surface area contributed by atoms with Crippen LogP contribution in [-0.2, 0) is 16.6 Å². The number of rotatable bonds is 4. The molecule has 0 aliphatic carbocycles. The molecule has 0 radical (unpaired) electrons. The van der Waals surface area contributed by atoms with Crippen molar-refractivity contribution in [2.75, 3.05) is 19.7 Å². The van der Waals surface area contributed by atoms with Gasteiger partial charge in [-0.3, -0.25) is 4.68 Å². The van der Waals surface area contributed by atoms with E-state index in [2.05, 4.69) is 12.0 Å². The standard InChI is InChI=1S/C13H23N3O3S/c1-10-4-6-15(7-5-10)20(18,19)13-11(2)14-16(8-9-17)12(13)3/h10,17H,4-9H2,1-3H3. The number of aryl methyl sites for hydroxylation is 1. The van der Waals surface area contributed by atoms with E-state index < -0.39 is 10.0 Å². The smallest absolute Gasteiger partial charge is 0.246 e. The first-order valence-electron chi connectivity index (χ1n) is 7.03. The summed E-state index contributed by atoms with van der Waals surface area (Å²) in [6.07, 6.45) is 1.81. The Balaban J connectivity index is 2.34. The largest absolute Gasteiger partial charge is 0.394 e. The van der Waals surface area contributed by atoms with Crippen molar-refractivity contribution in [1.82, 2.24) is 14.1 Å². The number of hydrogen-bond donors (Lipinski definition) is 1. The lowest BCUT2D eigenvalue weighted by Crippen LogP contribution is -2.38. The molecule has 1 N–H and O–H groups in total. The predicted molar refractivity (Wildman–Crippen MR) is 75.9 cm³/mol. The van der Waals surface area contributed by atoms with E-state index in [1.165, 1.54) is 0 Å². The molecule has 20 heavy (non-hydrogen) atoms. The molecular formula is C13H23N3O3S. The Labute approximate surface area is 120 Å². The Morgan fingerprint density at radius 1 is 1.30 bits per heavy atom. The third-order valence-corrected chi connectivity index (χ3v) is 6.12. The molecule has 0 bridgehead atoms. The van der Waals surface area contributed by atoms with Crippen molar-refractivity contribution < 1.29 is 13.5 Å². The molecular weight excluding hydrogens is 278 g/mol. The fourth-order valence-electron chi connectivity index (χ4n) is 2.72. The van der Waals surface area contributed by atoms with E-state index >= 15 is 0 Å². The number of sulfonamides is 1. The third kappa shape index (κ3) is 2.75. The van der Waals surface area contributed by atoms with Gasteiger partial charge in [0.05, 0.1) is 24.5 Å². The summed E-state index contributed by atoms with van der Waals surface area (Å²) in [4.78, 5) is 0.306. The van der Waals surface area contributed by atoms with Gasteiger partial charge in [-0.05, 0) is 32.6 Å². The molecule has 114 valence electrons. The summed E-state index contributed by atoms with van der Waals surface area (Å²) in [5.41, 5.74) is 1.12. The molecule has 1 saturated heterocycles. The van der Waals surface area contributed by atoms with Crippen molar-refractivity contribution in [1.29, 1.82) is 0 Å². The van der Waals surface area contributed by atoms with Gasteiger partial charge in [0, 0.05) is 13.1 Å². The molecule has 0 unspecified atom stereocenters. The Morgan fingerprint density at radius 2 is 1.90 bits per heavy atom. The minimum absolute atomic E-state index is 0.0529. The lowest BCUT2D eigenvalue weighted by molar-refractivity contribution is 0.267. The predicted octanol–water partition coefficient (Wildman–Crippen LogP) is 0.913. The van der Waals surface area contributed by atoms with E-state index in [4.69, 9.17) is 5.11 Å². The zero-order valence-electron chi connectivity index (χ0n) is 12.3. The van der Waals surface area contributed by atoms with E-state index in [1.54, 1.807) is 22.8 Å². The van der Waals surface area contributed by atoms with Gasteiger partial charge in [-0.1, -0.05) is 6.92 Å². The van der Waals surface area contributed by atoms with E-state index in [-0.39, 0.29) is 6.61 Å². The Morgan fingerprint density at radius 3 is 2.45 bits per heavy atom. The summed E-state index contributed by atoms with van der Waals surface area (Å²) in [6.45, 7) is 7.03. The SMILES string of the molecule is Cc1nn(CCO)c(C)c1S(=O)(=O)N1CCC(C)CC1. The summed E-state index contributed by atoms with van der Waals surface area (Å²) in [6, 6.07) is 0. The van der Waals surface area contributed by atoms with Crippen LogP contribution in [-0.4, -0.2) is 47.3 Å². The van der Waals surface area contributed by atoms with Crippen LogP contribution in [0.2, 0.25) is 0 Å². The summed E-state index contributed by atoms with van der Waals surface area (Å²) in [5, 5.41) is 13.2. The van der Waals surface area contributed by atoms with Crippen molar-refractivity contribution in [3.63, 3.8) is 0 Å². The van der Waals surface area contributed by atoms with E-state index in [9.17, 15) is 8.42 Å². The van der Waals surface area contributed by atoms with Crippen LogP contribution in [0.5, 0.6) is 0 Å². The maximum atomic E-state index is 12.8. The van der Waals surface area contributed by atoms with Gasteiger partial charge in [0.15, 0.2) is 0 Å². The summed E-state index contributed by atoms with van der Waals surface area (Å²) >= 11 is 0. The molecule has 0 spiro atoms. The fourth-order valence-corrected chi connectivity index (χ4v) is 4.56. The molecule has 1 aromatic heterocycles. The van der Waals surface area contributed by atoms with Gasteiger partial charge < -0.3 is 5.11 Å². The third-order valence-electron chi connectivity index (χ3n) is 3.97. The van der Waals surface area contributed by atoms with Crippen molar-refractivity contribution in [2.45, 2.75) is 45.1 Å². The Hall–Kier alpha value is -0.920. The second-order valence-electron chi connectivity index (χ2n) is 5.53. The molecule has 1 fully saturated rings. The number of aliphatic hydroxyl groups excluding tert-OH is 1. The lowest BCUT2D eigenvalue weighted by Gasteiger charge is -2.29. The fraction of sp³-hybridized carbons (Fsp3) is 0.769. The molecule has 2 rings (SSSR count). The van der Waals surface area contributed by atoms with Gasteiger partial charge in [0.2, 0.25) is 10.0 Å². The van der Waals surface area contributed by atoms with Crippen LogP contribution < -0.4 is 0 Å². The second-order valence-corrected chi connectivity index (χ2v) is 7.41. The average Bonchev–Trinajstić information content (AvgIpc) is 2.66. The van der Waals surface area contributed by atoms with Crippen molar-refractivity contribution in [3.8, 4) is 0 Å². The Kier molecular flexibility index (Phi) is 4.51. The number of aliphatic hydroxyl groups is 1. The minimum Gasteiger partial charge on any atom is -0.394 e. The highest BCUT2D eigenvalue weighted by molar-refractivity contribution is 7.89. The highest BCUT2D eigenvalue weighted by atomic mass is 32.2. The van der Waals surface area contributed by atoms with Gasteiger partial charge in [-0.2, -0.15) is 9.40 Å². The van der Waals surface area contributed by atoms with Crippen molar-refractivity contribution in [2.24, 2.45) is 5.92 Å².